The summed E-state index contributed by atoms with van der Waals surface area (Å²) in [7, 11) is 3.71. The van der Waals surface area contributed by atoms with E-state index in [0.717, 1.165) is 43.7 Å². The van der Waals surface area contributed by atoms with E-state index in [-0.39, 0.29) is 17.5 Å². The highest BCUT2D eigenvalue weighted by Crippen LogP contribution is 2.53. The summed E-state index contributed by atoms with van der Waals surface area (Å²) in [6.45, 7) is 1.42. The van der Waals surface area contributed by atoms with Gasteiger partial charge in [0.1, 0.15) is 23.3 Å². The van der Waals surface area contributed by atoms with E-state index in [1.165, 1.54) is 11.6 Å². The molecule has 39 heavy (non-hydrogen) atoms. The molecule has 2 aliphatic rings. The lowest BCUT2D eigenvalue weighted by molar-refractivity contribution is 0.0859. The number of nitrogens with zero attached hydrogens (tertiary/aromatic N) is 5. The molecule has 4 aromatic rings. The van der Waals surface area contributed by atoms with Gasteiger partial charge in [0.05, 0.1) is 36.1 Å². The number of fused-ring (bicyclic) bond motifs is 3. The fraction of sp³-hybridized carbons (Fsp3) is 0.379. The van der Waals surface area contributed by atoms with Crippen LogP contribution in [0.1, 0.15) is 59.0 Å². The van der Waals surface area contributed by atoms with Crippen LogP contribution in [0.15, 0.2) is 48.7 Å². The minimum absolute atomic E-state index is 0.00448. The lowest BCUT2D eigenvalue weighted by Crippen LogP contribution is -2.51. The summed E-state index contributed by atoms with van der Waals surface area (Å²) in [4.78, 5) is 18.6. The Labute approximate surface area is 225 Å². The zero-order chi connectivity index (χ0) is 27.1. The third-order valence-electron chi connectivity index (χ3n) is 8.24. The van der Waals surface area contributed by atoms with Crippen molar-refractivity contribution in [3.05, 3.63) is 77.0 Å². The molecule has 2 fully saturated rings. The number of halogens is 1. The number of H-pyrrole nitrogens is 1. The van der Waals surface area contributed by atoms with Crippen molar-refractivity contribution in [3.63, 3.8) is 0 Å². The topological polar surface area (TPSA) is 112 Å². The summed E-state index contributed by atoms with van der Waals surface area (Å²) in [6, 6.07) is 14.3. The van der Waals surface area contributed by atoms with Gasteiger partial charge in [-0.3, -0.25) is 9.69 Å². The predicted molar refractivity (Wildman–Crippen MR) is 142 cm³/mol. The van der Waals surface area contributed by atoms with Crippen molar-refractivity contribution < 1.29 is 13.9 Å². The van der Waals surface area contributed by atoms with Gasteiger partial charge in [-0.05, 0) is 74.5 Å². The summed E-state index contributed by atoms with van der Waals surface area (Å²) >= 11 is 0. The van der Waals surface area contributed by atoms with Gasteiger partial charge in [-0.15, -0.1) is 5.10 Å². The Bertz CT molecular complexity index is 1570. The van der Waals surface area contributed by atoms with Gasteiger partial charge >= 0.3 is 0 Å². The number of carbonyl (C=O) groups is 1. The molecule has 200 valence electrons. The van der Waals surface area contributed by atoms with Gasteiger partial charge in [0.2, 0.25) is 0 Å². The van der Waals surface area contributed by atoms with Crippen LogP contribution in [0, 0.1) is 23.1 Å². The normalized spacial score (nSPS) is 21.9. The van der Waals surface area contributed by atoms with Gasteiger partial charge in [0, 0.05) is 24.0 Å². The van der Waals surface area contributed by atoms with Crippen LogP contribution in [0.4, 0.5) is 4.39 Å². The Morgan fingerprint density at radius 2 is 2.13 bits per heavy atom. The first kappa shape index (κ1) is 25.1. The molecule has 3 unspecified atom stereocenters. The molecule has 2 aliphatic carbocycles. The summed E-state index contributed by atoms with van der Waals surface area (Å²) < 4.78 is 21.2. The average molecular weight is 528 g/mol. The van der Waals surface area contributed by atoms with Gasteiger partial charge in [-0.1, -0.05) is 17.3 Å². The van der Waals surface area contributed by atoms with Crippen LogP contribution in [-0.4, -0.2) is 50.5 Å². The first-order valence-electron chi connectivity index (χ1n) is 13.1. The third kappa shape index (κ3) is 4.63. The zero-order valence-electron chi connectivity index (χ0n) is 21.9. The number of benzene rings is 2. The molecule has 2 heterocycles. The fourth-order valence-electron chi connectivity index (χ4n) is 6.40. The molecular weight excluding hydrogens is 497 g/mol. The van der Waals surface area contributed by atoms with Gasteiger partial charge < -0.3 is 15.0 Å². The van der Waals surface area contributed by atoms with Gasteiger partial charge in [-0.25, -0.2) is 9.07 Å². The number of hydrogen-bond donors (Lipinski definition) is 2. The van der Waals surface area contributed by atoms with E-state index in [9.17, 15) is 14.4 Å². The molecule has 10 heteroatoms. The molecule has 2 saturated carbocycles. The smallest absolute Gasteiger partial charge is 0.268 e. The molecule has 0 saturated heterocycles. The van der Waals surface area contributed by atoms with Crippen molar-refractivity contribution in [3.8, 4) is 11.8 Å². The summed E-state index contributed by atoms with van der Waals surface area (Å²) in [6.07, 6.45) is 5.72. The van der Waals surface area contributed by atoms with Crippen LogP contribution in [0.5, 0.6) is 5.75 Å². The maximum atomic E-state index is 14.1. The number of nitriles is 1. The molecule has 2 N–H and O–H groups in total. The van der Waals surface area contributed by atoms with Gasteiger partial charge in [-0.2, -0.15) is 5.26 Å². The lowest BCUT2D eigenvalue weighted by atomic mass is 9.88. The number of hydrogen-bond acceptors (Lipinski definition) is 6. The maximum Gasteiger partial charge on any atom is 0.268 e. The summed E-state index contributed by atoms with van der Waals surface area (Å²) in [5.74, 6) is 0.493. The Kier molecular flexibility index (Phi) is 6.31. The summed E-state index contributed by atoms with van der Waals surface area (Å²) in [5.41, 5.74) is 2.44. The van der Waals surface area contributed by atoms with Crippen LogP contribution in [0.3, 0.4) is 0 Å². The third-order valence-corrected chi connectivity index (χ3v) is 8.24. The Morgan fingerprint density at radius 3 is 2.87 bits per heavy atom. The predicted octanol–water partition coefficient (Wildman–Crippen LogP) is 4.32. The molecule has 9 nitrogen and oxygen atoms in total. The molecule has 6 rings (SSSR count). The van der Waals surface area contributed by atoms with Crippen LogP contribution in [0.2, 0.25) is 0 Å². The molecular formula is C29H30FN7O2. The van der Waals surface area contributed by atoms with Crippen molar-refractivity contribution in [1.82, 2.24) is 30.2 Å². The van der Waals surface area contributed by atoms with Crippen molar-refractivity contribution in [2.75, 3.05) is 14.2 Å². The van der Waals surface area contributed by atoms with Crippen LogP contribution in [-0.2, 0) is 13.1 Å². The van der Waals surface area contributed by atoms with E-state index in [1.807, 2.05) is 36.1 Å². The van der Waals surface area contributed by atoms with Crippen molar-refractivity contribution in [1.29, 1.82) is 5.26 Å². The number of carbonyl (C=O) groups excluding carboxylic acids is 1. The van der Waals surface area contributed by atoms with Crippen molar-refractivity contribution in [2.24, 2.45) is 5.92 Å². The Balaban J connectivity index is 1.17. The minimum atomic E-state index is -0.597. The highest BCUT2D eigenvalue weighted by molar-refractivity contribution is 5.99. The van der Waals surface area contributed by atoms with E-state index >= 15 is 0 Å². The SMILES string of the molecule is COc1ccc(CN(C)Cc2cn(C3CC4CCC3(NC(=O)c3cc5c(C#N)c(F)ccc5[nH]3)C4)nn2)cc1. The summed E-state index contributed by atoms with van der Waals surface area (Å²) in [5, 5.41) is 22.0. The number of rotatable bonds is 8. The molecule has 0 aliphatic heterocycles. The quantitative estimate of drug-likeness (QED) is 0.353. The maximum absolute atomic E-state index is 14.1. The standard InChI is InChI=1S/C29H30FN7O2/c1-36(15-18-3-5-21(39-2)6-4-18)16-20-17-37(35-34-20)27-11-19-9-10-29(27,13-19)33-28(38)26-12-22-23(14-31)24(30)7-8-25(22)32-26/h3-8,12,17,19,27,32H,9-11,13,15-16H2,1-2H3,(H,33,38). The van der Waals surface area contributed by atoms with Crippen molar-refractivity contribution in [2.45, 2.75) is 50.4 Å². The van der Waals surface area contributed by atoms with Gasteiger partial charge in [0.25, 0.3) is 5.91 Å². The second-order valence-electron chi connectivity index (χ2n) is 10.9. The molecule has 2 bridgehead atoms. The number of aromatic nitrogens is 4. The van der Waals surface area contributed by atoms with E-state index in [0.29, 0.717) is 29.1 Å². The zero-order valence-corrected chi connectivity index (χ0v) is 21.9. The number of ether oxygens (including phenoxy) is 1. The average Bonchev–Trinajstić information content (AvgIpc) is 3.72. The lowest BCUT2D eigenvalue weighted by Gasteiger charge is -2.35. The van der Waals surface area contributed by atoms with Gasteiger partial charge in [0.15, 0.2) is 0 Å². The van der Waals surface area contributed by atoms with Crippen molar-refractivity contribution >= 4 is 16.8 Å². The van der Waals surface area contributed by atoms with E-state index in [4.69, 9.17) is 4.74 Å². The molecule has 1 amide bonds. The highest BCUT2D eigenvalue weighted by atomic mass is 19.1. The van der Waals surface area contributed by atoms with E-state index in [2.05, 4.69) is 37.6 Å². The Morgan fingerprint density at radius 1 is 1.31 bits per heavy atom. The van der Waals surface area contributed by atoms with Crippen LogP contribution < -0.4 is 10.1 Å². The van der Waals surface area contributed by atoms with Crippen LogP contribution >= 0.6 is 0 Å². The second kappa shape index (κ2) is 9.82. The minimum Gasteiger partial charge on any atom is -0.497 e. The number of methoxy groups -OCH3 is 1. The highest BCUT2D eigenvalue weighted by Gasteiger charge is 2.54. The monoisotopic (exact) mass is 527 g/mol. The fourth-order valence-corrected chi connectivity index (χ4v) is 6.40. The second-order valence-corrected chi connectivity index (χ2v) is 10.9. The van der Waals surface area contributed by atoms with E-state index < -0.39 is 11.4 Å². The first-order chi connectivity index (χ1) is 18.9. The molecule has 2 aromatic heterocycles. The molecule has 3 atom stereocenters. The number of amides is 1. The Hall–Kier alpha value is -4.23. The largest absolute Gasteiger partial charge is 0.497 e. The molecule has 0 radical (unpaired) electrons. The molecule has 0 spiro atoms. The number of nitrogens with one attached hydrogen (secondary N) is 2. The first-order valence-corrected chi connectivity index (χ1v) is 13.1. The molecule has 2 aromatic carbocycles. The van der Waals surface area contributed by atoms with E-state index in [1.54, 1.807) is 19.2 Å². The number of aromatic amines is 1. The van der Waals surface area contributed by atoms with Crippen LogP contribution in [0.25, 0.3) is 10.9 Å².